The summed E-state index contributed by atoms with van der Waals surface area (Å²) in [5.74, 6) is 0.0971. The molecule has 0 amide bonds. The lowest BCUT2D eigenvalue weighted by atomic mass is 10.1. The number of ketones is 1. The minimum absolute atomic E-state index is 0.0971. The molecule has 0 fully saturated rings. The molecule has 0 radical (unpaired) electrons. The van der Waals surface area contributed by atoms with Crippen LogP contribution < -0.4 is 5.73 Å². The molecule has 1 unspecified atom stereocenters. The van der Waals surface area contributed by atoms with E-state index in [1.54, 1.807) is 6.92 Å². The lowest BCUT2D eigenvalue weighted by Crippen LogP contribution is -2.28. The first-order valence-corrected chi connectivity index (χ1v) is 4.45. The van der Waals surface area contributed by atoms with Crippen LogP contribution in [0.5, 0.6) is 0 Å². The minimum atomic E-state index is -0.243. The largest absolute Gasteiger partial charge is 0.322 e. The fourth-order valence-electron chi connectivity index (χ4n) is 0.996. The highest BCUT2D eigenvalue weighted by atomic mass is 16.1. The molecule has 1 atom stereocenters. The maximum atomic E-state index is 10.7. The number of unbranched alkanes of at least 4 members (excludes halogenated alkanes) is 1. The van der Waals surface area contributed by atoms with Crippen molar-refractivity contribution in [2.45, 2.75) is 32.2 Å². The van der Waals surface area contributed by atoms with Crippen LogP contribution in [0.1, 0.15) is 26.2 Å². The SMILES string of the molecule is CC(=O)C(N)CCCCN(C)C. The third-order valence-electron chi connectivity index (χ3n) is 1.89. The zero-order valence-electron chi connectivity index (χ0n) is 8.34. The first-order chi connectivity index (χ1) is 5.54. The number of rotatable bonds is 6. The highest BCUT2D eigenvalue weighted by Gasteiger charge is 2.06. The van der Waals surface area contributed by atoms with Gasteiger partial charge in [-0.05, 0) is 40.4 Å². The summed E-state index contributed by atoms with van der Waals surface area (Å²) >= 11 is 0. The van der Waals surface area contributed by atoms with Crippen molar-refractivity contribution in [1.29, 1.82) is 0 Å². The molecular formula is C9H20N2O. The van der Waals surface area contributed by atoms with Gasteiger partial charge < -0.3 is 10.6 Å². The minimum Gasteiger partial charge on any atom is -0.322 e. The molecule has 0 saturated heterocycles. The van der Waals surface area contributed by atoms with Crippen LogP contribution in [-0.2, 0) is 4.79 Å². The van der Waals surface area contributed by atoms with E-state index in [-0.39, 0.29) is 11.8 Å². The topological polar surface area (TPSA) is 46.3 Å². The molecule has 2 N–H and O–H groups in total. The van der Waals surface area contributed by atoms with E-state index in [1.165, 1.54) is 0 Å². The van der Waals surface area contributed by atoms with E-state index < -0.39 is 0 Å². The molecule has 3 nitrogen and oxygen atoms in total. The molecule has 12 heavy (non-hydrogen) atoms. The standard InChI is InChI=1S/C9H20N2O/c1-8(12)9(10)6-4-5-7-11(2)3/h9H,4-7,10H2,1-3H3. The van der Waals surface area contributed by atoms with Crippen LogP contribution in [0.4, 0.5) is 0 Å². The van der Waals surface area contributed by atoms with Gasteiger partial charge in [0.05, 0.1) is 6.04 Å². The van der Waals surface area contributed by atoms with Crippen LogP contribution in [0.2, 0.25) is 0 Å². The van der Waals surface area contributed by atoms with Gasteiger partial charge in [-0.1, -0.05) is 6.42 Å². The first-order valence-electron chi connectivity index (χ1n) is 4.45. The Kier molecular flexibility index (Phi) is 5.93. The Balaban J connectivity index is 3.25. The second kappa shape index (κ2) is 6.14. The summed E-state index contributed by atoms with van der Waals surface area (Å²) in [4.78, 5) is 12.9. The lowest BCUT2D eigenvalue weighted by molar-refractivity contribution is -0.118. The molecule has 3 heteroatoms. The molecule has 0 spiro atoms. The Morgan fingerprint density at radius 3 is 2.42 bits per heavy atom. The molecule has 72 valence electrons. The van der Waals surface area contributed by atoms with Gasteiger partial charge in [-0.15, -0.1) is 0 Å². The van der Waals surface area contributed by atoms with Crippen LogP contribution in [0.25, 0.3) is 0 Å². The van der Waals surface area contributed by atoms with E-state index in [0.717, 1.165) is 25.8 Å². The Labute approximate surface area is 74.9 Å². The lowest BCUT2D eigenvalue weighted by Gasteiger charge is -2.10. The molecule has 0 saturated carbocycles. The quantitative estimate of drug-likeness (QED) is 0.598. The average molecular weight is 172 g/mol. The molecule has 0 aliphatic heterocycles. The fourth-order valence-corrected chi connectivity index (χ4v) is 0.996. The number of carbonyl (C=O) groups excluding carboxylic acids is 1. The number of hydrogen-bond acceptors (Lipinski definition) is 3. The van der Waals surface area contributed by atoms with E-state index >= 15 is 0 Å². The maximum Gasteiger partial charge on any atom is 0.146 e. The van der Waals surface area contributed by atoms with Crippen molar-refractivity contribution < 1.29 is 4.79 Å². The highest BCUT2D eigenvalue weighted by molar-refractivity contribution is 5.80. The summed E-state index contributed by atoms with van der Waals surface area (Å²) in [5.41, 5.74) is 5.57. The second-order valence-electron chi connectivity index (χ2n) is 3.52. The molecule has 0 aromatic rings. The van der Waals surface area contributed by atoms with Gasteiger partial charge in [0.1, 0.15) is 5.78 Å². The second-order valence-corrected chi connectivity index (χ2v) is 3.52. The smallest absolute Gasteiger partial charge is 0.146 e. The third-order valence-corrected chi connectivity index (χ3v) is 1.89. The predicted molar refractivity (Wildman–Crippen MR) is 51.1 cm³/mol. The fraction of sp³-hybridized carbons (Fsp3) is 0.889. The number of carbonyl (C=O) groups is 1. The van der Waals surface area contributed by atoms with Gasteiger partial charge in [-0.3, -0.25) is 4.79 Å². The predicted octanol–water partition coefficient (Wildman–Crippen LogP) is 0.635. The van der Waals surface area contributed by atoms with E-state index in [2.05, 4.69) is 4.90 Å². The van der Waals surface area contributed by atoms with Crippen molar-refractivity contribution in [3.8, 4) is 0 Å². The van der Waals surface area contributed by atoms with Crippen LogP contribution in [-0.4, -0.2) is 37.4 Å². The van der Waals surface area contributed by atoms with Crippen molar-refractivity contribution in [2.24, 2.45) is 5.73 Å². The van der Waals surface area contributed by atoms with Crippen LogP contribution >= 0.6 is 0 Å². The summed E-state index contributed by atoms with van der Waals surface area (Å²) in [6.07, 6.45) is 2.98. The Bertz CT molecular complexity index is 134. The van der Waals surface area contributed by atoms with Crippen molar-refractivity contribution in [2.75, 3.05) is 20.6 Å². The summed E-state index contributed by atoms with van der Waals surface area (Å²) in [6.45, 7) is 2.63. The van der Waals surface area contributed by atoms with Gasteiger partial charge in [0.25, 0.3) is 0 Å². The van der Waals surface area contributed by atoms with Crippen molar-refractivity contribution in [3.63, 3.8) is 0 Å². The van der Waals surface area contributed by atoms with E-state index in [4.69, 9.17) is 5.73 Å². The van der Waals surface area contributed by atoms with Crippen LogP contribution in [0.3, 0.4) is 0 Å². The van der Waals surface area contributed by atoms with Gasteiger partial charge >= 0.3 is 0 Å². The zero-order valence-corrected chi connectivity index (χ0v) is 8.34. The summed E-state index contributed by atoms with van der Waals surface area (Å²) in [6, 6.07) is -0.243. The van der Waals surface area contributed by atoms with Crippen molar-refractivity contribution in [1.82, 2.24) is 4.90 Å². The zero-order chi connectivity index (χ0) is 9.56. The van der Waals surface area contributed by atoms with Gasteiger partial charge in [-0.2, -0.15) is 0 Å². The molecule has 0 aromatic heterocycles. The normalized spacial score (nSPS) is 13.4. The molecular weight excluding hydrogens is 152 g/mol. The molecule has 0 aliphatic carbocycles. The van der Waals surface area contributed by atoms with E-state index in [0.29, 0.717) is 0 Å². The summed E-state index contributed by atoms with van der Waals surface area (Å²) in [7, 11) is 4.09. The number of hydrogen-bond donors (Lipinski definition) is 1. The average Bonchev–Trinajstić information content (AvgIpc) is 1.97. The maximum absolute atomic E-state index is 10.7. The number of Topliss-reactive ketones (excluding diaryl/α,β-unsaturated/α-hetero) is 1. The summed E-state index contributed by atoms with van der Waals surface area (Å²) < 4.78 is 0. The van der Waals surface area contributed by atoms with Gasteiger partial charge in [-0.25, -0.2) is 0 Å². The molecule has 0 rings (SSSR count). The third kappa shape index (κ3) is 6.31. The van der Waals surface area contributed by atoms with E-state index in [9.17, 15) is 4.79 Å². The summed E-state index contributed by atoms with van der Waals surface area (Å²) in [5, 5.41) is 0. The Hall–Kier alpha value is -0.410. The molecule has 0 heterocycles. The molecule has 0 aromatic carbocycles. The van der Waals surface area contributed by atoms with Crippen molar-refractivity contribution in [3.05, 3.63) is 0 Å². The van der Waals surface area contributed by atoms with Gasteiger partial charge in [0, 0.05) is 0 Å². The Morgan fingerprint density at radius 2 is 2.00 bits per heavy atom. The van der Waals surface area contributed by atoms with Gasteiger partial charge in [0.2, 0.25) is 0 Å². The number of nitrogens with zero attached hydrogens (tertiary/aromatic N) is 1. The van der Waals surface area contributed by atoms with Crippen molar-refractivity contribution >= 4 is 5.78 Å². The van der Waals surface area contributed by atoms with Crippen LogP contribution in [0, 0.1) is 0 Å². The monoisotopic (exact) mass is 172 g/mol. The van der Waals surface area contributed by atoms with Gasteiger partial charge in [0.15, 0.2) is 0 Å². The number of nitrogens with two attached hydrogens (primary N) is 1. The first kappa shape index (κ1) is 11.6. The molecule has 0 bridgehead atoms. The Morgan fingerprint density at radius 1 is 1.42 bits per heavy atom. The van der Waals surface area contributed by atoms with E-state index in [1.807, 2.05) is 14.1 Å². The van der Waals surface area contributed by atoms with Crippen LogP contribution in [0.15, 0.2) is 0 Å². The molecule has 0 aliphatic rings. The highest BCUT2D eigenvalue weighted by Crippen LogP contribution is 2.00.